The molecule has 0 spiro atoms. The number of hydrogen-bond acceptors (Lipinski definition) is 4. The van der Waals surface area contributed by atoms with Crippen LogP contribution >= 0.6 is 0 Å². The molecule has 0 aromatic carbocycles. The van der Waals surface area contributed by atoms with Gasteiger partial charge in [-0.25, -0.2) is 9.97 Å². The standard InChI is InChI=1S/C17H25F3N4O/c1-16(2,3)14(25)23(4)11-12-6-9-24(10-7-12)15-21-8-5-13(22-15)17(18,19)20/h5,8,12H,6-7,9-11H2,1-4H3. The first-order valence-corrected chi connectivity index (χ1v) is 8.39. The molecule has 0 bridgehead atoms. The third-order valence-corrected chi connectivity index (χ3v) is 4.35. The molecule has 1 saturated heterocycles. The van der Waals surface area contributed by atoms with Crippen LogP contribution in [-0.2, 0) is 11.0 Å². The van der Waals surface area contributed by atoms with Crippen LogP contribution < -0.4 is 4.90 Å². The minimum absolute atomic E-state index is 0.0936. The summed E-state index contributed by atoms with van der Waals surface area (Å²) in [4.78, 5) is 23.4. The van der Waals surface area contributed by atoms with Gasteiger partial charge in [-0.15, -0.1) is 0 Å². The first kappa shape index (κ1) is 19.5. The van der Waals surface area contributed by atoms with Crippen LogP contribution in [0.25, 0.3) is 0 Å². The van der Waals surface area contributed by atoms with Crippen molar-refractivity contribution in [3.8, 4) is 0 Å². The largest absolute Gasteiger partial charge is 0.433 e. The molecule has 140 valence electrons. The van der Waals surface area contributed by atoms with Crippen molar-refractivity contribution in [2.24, 2.45) is 11.3 Å². The molecule has 1 amide bonds. The number of halogens is 3. The molecule has 1 fully saturated rings. The molecule has 0 radical (unpaired) electrons. The van der Waals surface area contributed by atoms with Gasteiger partial charge in [-0.2, -0.15) is 13.2 Å². The van der Waals surface area contributed by atoms with Gasteiger partial charge in [0.2, 0.25) is 11.9 Å². The lowest BCUT2D eigenvalue weighted by molar-refractivity contribution is -0.141. The highest BCUT2D eigenvalue weighted by atomic mass is 19.4. The minimum Gasteiger partial charge on any atom is -0.345 e. The molecule has 25 heavy (non-hydrogen) atoms. The van der Waals surface area contributed by atoms with Crippen molar-refractivity contribution in [1.29, 1.82) is 0 Å². The summed E-state index contributed by atoms with van der Waals surface area (Å²) in [6.07, 6.45) is -1.73. The molecule has 1 aliphatic heterocycles. The molecule has 2 rings (SSSR count). The van der Waals surface area contributed by atoms with Crippen LogP contribution in [0.5, 0.6) is 0 Å². The second kappa shape index (κ2) is 7.17. The molecule has 2 heterocycles. The van der Waals surface area contributed by atoms with E-state index in [0.717, 1.165) is 25.1 Å². The zero-order valence-electron chi connectivity index (χ0n) is 15.1. The van der Waals surface area contributed by atoms with Crippen molar-refractivity contribution in [2.75, 3.05) is 31.6 Å². The van der Waals surface area contributed by atoms with E-state index < -0.39 is 17.3 Å². The van der Waals surface area contributed by atoms with E-state index in [-0.39, 0.29) is 11.9 Å². The van der Waals surface area contributed by atoms with Crippen molar-refractivity contribution < 1.29 is 18.0 Å². The summed E-state index contributed by atoms with van der Waals surface area (Å²) in [6.45, 7) is 7.50. The van der Waals surface area contributed by atoms with Gasteiger partial charge < -0.3 is 9.80 Å². The van der Waals surface area contributed by atoms with E-state index in [1.807, 2.05) is 20.8 Å². The predicted octanol–water partition coefficient (Wildman–Crippen LogP) is 3.22. The molecule has 0 N–H and O–H groups in total. The number of aromatic nitrogens is 2. The van der Waals surface area contributed by atoms with Gasteiger partial charge in [0.05, 0.1) is 0 Å². The van der Waals surface area contributed by atoms with Crippen LogP contribution in [0.1, 0.15) is 39.3 Å². The molecule has 5 nitrogen and oxygen atoms in total. The van der Waals surface area contributed by atoms with Crippen molar-refractivity contribution in [3.05, 3.63) is 18.0 Å². The number of rotatable bonds is 3. The first-order valence-electron chi connectivity index (χ1n) is 8.39. The van der Waals surface area contributed by atoms with Gasteiger partial charge in [0.15, 0.2) is 0 Å². The van der Waals surface area contributed by atoms with E-state index in [1.54, 1.807) is 16.8 Å². The minimum atomic E-state index is -4.47. The van der Waals surface area contributed by atoms with Crippen LogP contribution in [-0.4, -0.2) is 47.5 Å². The summed E-state index contributed by atoms with van der Waals surface area (Å²) in [5, 5.41) is 0. The second-order valence-corrected chi connectivity index (χ2v) is 7.61. The van der Waals surface area contributed by atoms with Gasteiger partial charge in [0.25, 0.3) is 0 Å². The van der Waals surface area contributed by atoms with Crippen molar-refractivity contribution in [3.63, 3.8) is 0 Å². The van der Waals surface area contributed by atoms with E-state index in [2.05, 4.69) is 9.97 Å². The molecular formula is C17H25F3N4O. The maximum Gasteiger partial charge on any atom is 0.433 e. The molecule has 8 heteroatoms. The number of alkyl halides is 3. The quantitative estimate of drug-likeness (QED) is 0.832. The van der Waals surface area contributed by atoms with Crippen LogP contribution in [0.15, 0.2) is 12.3 Å². The molecule has 1 aromatic rings. The Kier molecular flexibility index (Phi) is 5.58. The highest BCUT2D eigenvalue weighted by molar-refractivity contribution is 5.81. The number of hydrogen-bond donors (Lipinski definition) is 0. The number of amides is 1. The van der Waals surface area contributed by atoms with Crippen LogP contribution in [0.3, 0.4) is 0 Å². The Labute approximate surface area is 146 Å². The number of carbonyl (C=O) groups excluding carboxylic acids is 1. The Morgan fingerprint density at radius 1 is 1.28 bits per heavy atom. The highest BCUT2D eigenvalue weighted by Gasteiger charge is 2.34. The fourth-order valence-corrected chi connectivity index (χ4v) is 3.02. The Morgan fingerprint density at radius 2 is 1.88 bits per heavy atom. The fourth-order valence-electron chi connectivity index (χ4n) is 3.02. The maximum atomic E-state index is 12.8. The number of carbonyl (C=O) groups is 1. The van der Waals surface area contributed by atoms with Gasteiger partial charge >= 0.3 is 6.18 Å². The summed E-state index contributed by atoms with van der Waals surface area (Å²) in [5.41, 5.74) is -1.34. The number of piperidine rings is 1. The third kappa shape index (κ3) is 5.06. The van der Waals surface area contributed by atoms with Crippen molar-refractivity contribution in [2.45, 2.75) is 39.8 Å². The Bertz CT molecular complexity index is 605. The lowest BCUT2D eigenvalue weighted by Crippen LogP contribution is -2.43. The summed E-state index contributed by atoms with van der Waals surface area (Å²) in [7, 11) is 1.80. The molecule has 0 saturated carbocycles. The van der Waals surface area contributed by atoms with Crippen molar-refractivity contribution in [1.82, 2.24) is 14.9 Å². The summed E-state index contributed by atoms with van der Waals surface area (Å²) >= 11 is 0. The van der Waals surface area contributed by atoms with E-state index in [0.29, 0.717) is 25.6 Å². The maximum absolute atomic E-state index is 12.8. The lowest BCUT2D eigenvalue weighted by atomic mass is 9.92. The molecule has 0 atom stereocenters. The monoisotopic (exact) mass is 358 g/mol. The topological polar surface area (TPSA) is 49.3 Å². The fraction of sp³-hybridized carbons (Fsp3) is 0.706. The van der Waals surface area contributed by atoms with E-state index in [1.165, 1.54) is 0 Å². The summed E-state index contributed by atoms with van der Waals surface area (Å²) in [5.74, 6) is 0.543. The lowest BCUT2D eigenvalue weighted by Gasteiger charge is -2.35. The van der Waals surface area contributed by atoms with Gasteiger partial charge in [-0.05, 0) is 24.8 Å². The van der Waals surface area contributed by atoms with E-state index >= 15 is 0 Å². The number of anilines is 1. The second-order valence-electron chi connectivity index (χ2n) is 7.61. The SMILES string of the molecule is CN(CC1CCN(c2nccc(C(F)(F)F)n2)CC1)C(=O)C(C)(C)C. The van der Waals surface area contributed by atoms with Gasteiger partial charge in [0, 0.05) is 38.3 Å². The Balaban J connectivity index is 1.93. The van der Waals surface area contributed by atoms with Gasteiger partial charge in [-0.3, -0.25) is 4.79 Å². The molecule has 1 aromatic heterocycles. The number of nitrogens with zero attached hydrogens (tertiary/aromatic N) is 4. The highest BCUT2D eigenvalue weighted by Crippen LogP contribution is 2.29. The molecule has 1 aliphatic rings. The van der Waals surface area contributed by atoms with Crippen molar-refractivity contribution >= 4 is 11.9 Å². The Hall–Kier alpha value is -1.86. The zero-order valence-corrected chi connectivity index (χ0v) is 15.1. The van der Waals surface area contributed by atoms with Gasteiger partial charge in [-0.1, -0.05) is 20.8 Å². The average Bonchev–Trinajstić information content (AvgIpc) is 2.53. The van der Waals surface area contributed by atoms with Crippen LogP contribution in [0.4, 0.5) is 19.1 Å². The van der Waals surface area contributed by atoms with E-state index in [4.69, 9.17) is 0 Å². The zero-order chi connectivity index (χ0) is 18.8. The normalized spacial score (nSPS) is 16.8. The van der Waals surface area contributed by atoms with Crippen LogP contribution in [0, 0.1) is 11.3 Å². The molecule has 0 unspecified atom stereocenters. The summed E-state index contributed by atoms with van der Waals surface area (Å²) in [6, 6.07) is 0.878. The van der Waals surface area contributed by atoms with Gasteiger partial charge in [0.1, 0.15) is 5.69 Å². The smallest absolute Gasteiger partial charge is 0.345 e. The molecular weight excluding hydrogens is 333 g/mol. The third-order valence-electron chi connectivity index (χ3n) is 4.35. The Morgan fingerprint density at radius 3 is 2.40 bits per heavy atom. The predicted molar refractivity (Wildman–Crippen MR) is 89.1 cm³/mol. The summed E-state index contributed by atoms with van der Waals surface area (Å²) < 4.78 is 38.3. The van der Waals surface area contributed by atoms with E-state index in [9.17, 15) is 18.0 Å². The first-order chi connectivity index (χ1) is 11.5. The van der Waals surface area contributed by atoms with Crippen LogP contribution in [0.2, 0.25) is 0 Å². The average molecular weight is 358 g/mol. The molecule has 0 aliphatic carbocycles.